The van der Waals surface area contributed by atoms with Gasteiger partial charge in [0.15, 0.2) is 6.61 Å². The Hall–Kier alpha value is -2.13. The fraction of sp³-hybridized carbons (Fsp3) is 0.200. The van der Waals surface area contributed by atoms with Crippen molar-refractivity contribution in [3.8, 4) is 5.75 Å². The van der Waals surface area contributed by atoms with Crippen LogP contribution in [0.3, 0.4) is 0 Å². The van der Waals surface area contributed by atoms with Crippen LogP contribution in [-0.2, 0) is 14.8 Å². The smallest absolute Gasteiger partial charge is 0.318 e. The maximum atomic E-state index is 11.4. The molecule has 0 spiro atoms. The van der Waals surface area contributed by atoms with Gasteiger partial charge in [0.05, 0.1) is 0 Å². The molecule has 0 bridgehead atoms. The van der Waals surface area contributed by atoms with Crippen LogP contribution in [0.4, 0.5) is 4.79 Å². The minimum atomic E-state index is -3.98. The second kappa shape index (κ2) is 5.67. The lowest BCUT2D eigenvalue weighted by molar-refractivity contribution is -0.122. The first-order valence-electron chi connectivity index (χ1n) is 5.05. The molecule has 0 atom stereocenters. The average molecular weight is 287 g/mol. The van der Waals surface area contributed by atoms with Crippen LogP contribution in [-0.4, -0.2) is 27.0 Å². The highest BCUT2D eigenvalue weighted by molar-refractivity contribution is 7.89. The van der Waals surface area contributed by atoms with E-state index in [1.54, 1.807) is 18.3 Å². The van der Waals surface area contributed by atoms with Gasteiger partial charge in [-0.05, 0) is 24.6 Å². The molecule has 8 nitrogen and oxygen atoms in total. The minimum Gasteiger partial charge on any atom is -0.482 e. The molecule has 0 saturated heterocycles. The van der Waals surface area contributed by atoms with E-state index in [1.807, 2.05) is 0 Å². The van der Waals surface area contributed by atoms with Crippen molar-refractivity contribution in [2.45, 2.75) is 11.8 Å². The highest BCUT2D eigenvalue weighted by Crippen LogP contribution is 2.23. The van der Waals surface area contributed by atoms with Crippen molar-refractivity contribution in [3.05, 3.63) is 23.8 Å². The second-order valence-corrected chi connectivity index (χ2v) is 5.23. The molecule has 19 heavy (non-hydrogen) atoms. The van der Waals surface area contributed by atoms with Gasteiger partial charge in [-0.1, -0.05) is 6.07 Å². The predicted molar refractivity (Wildman–Crippen MR) is 65.8 cm³/mol. The first-order chi connectivity index (χ1) is 8.70. The third-order valence-corrected chi connectivity index (χ3v) is 2.96. The van der Waals surface area contributed by atoms with E-state index in [9.17, 15) is 18.0 Å². The van der Waals surface area contributed by atoms with Crippen LogP contribution >= 0.6 is 0 Å². The Bertz CT molecular complexity index is 612. The molecule has 0 aromatic heterocycles. The standard InChI is InChI=1S/C10H13N3O5S/c1-6-2-3-7(8(4-6)19(12,16)17)18-5-9(14)13-10(11)15/h2-4H,5H2,1H3,(H2,12,16,17)(H3,11,13,14,15). The number of amides is 3. The van der Waals surface area contributed by atoms with Crippen molar-refractivity contribution in [2.24, 2.45) is 10.9 Å². The molecule has 0 heterocycles. The molecule has 0 unspecified atom stereocenters. The van der Waals surface area contributed by atoms with Crippen molar-refractivity contribution in [1.29, 1.82) is 0 Å². The van der Waals surface area contributed by atoms with Gasteiger partial charge < -0.3 is 10.5 Å². The van der Waals surface area contributed by atoms with Crippen molar-refractivity contribution in [3.63, 3.8) is 0 Å². The third kappa shape index (κ3) is 4.56. The summed E-state index contributed by atoms with van der Waals surface area (Å²) in [5, 5.41) is 6.81. The molecule has 104 valence electrons. The second-order valence-electron chi connectivity index (χ2n) is 3.70. The number of nitrogens with one attached hydrogen (secondary N) is 1. The highest BCUT2D eigenvalue weighted by atomic mass is 32.2. The molecule has 0 aliphatic heterocycles. The summed E-state index contributed by atoms with van der Waals surface area (Å²) in [5.41, 5.74) is 5.40. The number of carbonyl (C=O) groups is 2. The Labute approximate surface area is 109 Å². The molecule has 1 aromatic rings. The number of sulfonamides is 1. The van der Waals surface area contributed by atoms with E-state index < -0.39 is 28.6 Å². The summed E-state index contributed by atoms with van der Waals surface area (Å²) in [6.45, 7) is 1.12. The largest absolute Gasteiger partial charge is 0.482 e. The third-order valence-electron chi connectivity index (χ3n) is 2.03. The van der Waals surface area contributed by atoms with Gasteiger partial charge in [0, 0.05) is 0 Å². The van der Waals surface area contributed by atoms with E-state index in [2.05, 4.69) is 0 Å². The topological polar surface area (TPSA) is 142 Å². The number of hydrogen-bond donors (Lipinski definition) is 3. The van der Waals surface area contributed by atoms with Gasteiger partial charge >= 0.3 is 6.03 Å². The number of benzene rings is 1. The van der Waals surface area contributed by atoms with Crippen LogP contribution in [0, 0.1) is 6.92 Å². The lowest BCUT2D eigenvalue weighted by atomic mass is 10.2. The number of nitrogens with two attached hydrogens (primary N) is 2. The summed E-state index contributed by atoms with van der Waals surface area (Å²) in [4.78, 5) is 21.3. The summed E-state index contributed by atoms with van der Waals surface area (Å²) in [7, 11) is -3.98. The quantitative estimate of drug-likeness (QED) is 0.665. The maximum Gasteiger partial charge on any atom is 0.318 e. The Morgan fingerprint density at radius 2 is 2.00 bits per heavy atom. The van der Waals surface area contributed by atoms with E-state index in [-0.39, 0.29) is 10.6 Å². The lowest BCUT2D eigenvalue weighted by Gasteiger charge is -2.10. The van der Waals surface area contributed by atoms with Crippen LogP contribution < -0.4 is 20.9 Å². The predicted octanol–water partition coefficient (Wildman–Crippen LogP) is -0.784. The van der Waals surface area contributed by atoms with Gasteiger partial charge in [0.1, 0.15) is 10.6 Å². The molecule has 1 aromatic carbocycles. The summed E-state index contributed by atoms with van der Waals surface area (Å²) in [6, 6.07) is 3.25. The molecule has 1 rings (SSSR count). The van der Waals surface area contributed by atoms with Gasteiger partial charge in [-0.3, -0.25) is 10.1 Å². The van der Waals surface area contributed by atoms with Gasteiger partial charge in [-0.25, -0.2) is 18.4 Å². The number of hydrogen-bond acceptors (Lipinski definition) is 5. The monoisotopic (exact) mass is 287 g/mol. The molecule has 0 aliphatic carbocycles. The lowest BCUT2D eigenvalue weighted by Crippen LogP contribution is -2.38. The van der Waals surface area contributed by atoms with Crippen molar-refractivity contribution >= 4 is 22.0 Å². The van der Waals surface area contributed by atoms with Crippen molar-refractivity contribution in [2.75, 3.05) is 6.61 Å². The number of aryl methyl sites for hydroxylation is 1. The number of primary amides is 1. The number of ether oxygens (including phenoxy) is 1. The molecular formula is C10H13N3O5S. The van der Waals surface area contributed by atoms with Gasteiger partial charge in [0.2, 0.25) is 10.0 Å². The summed E-state index contributed by atoms with van der Waals surface area (Å²) >= 11 is 0. The Balaban J connectivity index is 2.90. The first-order valence-corrected chi connectivity index (χ1v) is 6.60. The van der Waals surface area contributed by atoms with E-state index >= 15 is 0 Å². The first kappa shape index (κ1) is 14.9. The molecule has 3 amide bonds. The zero-order chi connectivity index (χ0) is 14.6. The number of imide groups is 1. The Morgan fingerprint density at radius 3 is 2.53 bits per heavy atom. The van der Waals surface area contributed by atoms with Crippen LogP contribution in [0.15, 0.2) is 23.1 Å². The van der Waals surface area contributed by atoms with Crippen molar-refractivity contribution in [1.82, 2.24) is 5.32 Å². The van der Waals surface area contributed by atoms with E-state index in [1.165, 1.54) is 12.1 Å². The molecule has 0 saturated carbocycles. The summed E-state index contributed by atoms with van der Waals surface area (Å²) in [5.74, 6) is -0.874. The van der Waals surface area contributed by atoms with Crippen LogP contribution in [0.2, 0.25) is 0 Å². The van der Waals surface area contributed by atoms with Gasteiger partial charge in [-0.2, -0.15) is 0 Å². The summed E-state index contributed by atoms with van der Waals surface area (Å²) in [6.07, 6.45) is 0. The molecule has 9 heteroatoms. The minimum absolute atomic E-state index is 0.0762. The highest BCUT2D eigenvalue weighted by Gasteiger charge is 2.16. The van der Waals surface area contributed by atoms with Crippen LogP contribution in [0.5, 0.6) is 5.75 Å². The fourth-order valence-corrected chi connectivity index (χ4v) is 2.03. The Kier molecular flexibility index (Phi) is 4.46. The molecular weight excluding hydrogens is 274 g/mol. The van der Waals surface area contributed by atoms with Crippen molar-refractivity contribution < 1.29 is 22.7 Å². The van der Waals surface area contributed by atoms with E-state index in [4.69, 9.17) is 15.6 Å². The Morgan fingerprint density at radius 1 is 1.37 bits per heavy atom. The maximum absolute atomic E-state index is 11.4. The number of urea groups is 1. The zero-order valence-electron chi connectivity index (χ0n) is 10.0. The molecule has 0 radical (unpaired) electrons. The molecule has 5 N–H and O–H groups in total. The van der Waals surface area contributed by atoms with Crippen LogP contribution in [0.25, 0.3) is 0 Å². The number of primary sulfonamides is 1. The molecule has 0 fully saturated rings. The van der Waals surface area contributed by atoms with Gasteiger partial charge in [-0.15, -0.1) is 0 Å². The molecule has 0 aliphatic rings. The van der Waals surface area contributed by atoms with E-state index in [0.29, 0.717) is 5.56 Å². The van der Waals surface area contributed by atoms with Crippen LogP contribution in [0.1, 0.15) is 5.56 Å². The van der Waals surface area contributed by atoms with Gasteiger partial charge in [0.25, 0.3) is 5.91 Å². The zero-order valence-corrected chi connectivity index (χ0v) is 10.9. The fourth-order valence-electron chi connectivity index (χ4n) is 1.27. The van der Waals surface area contributed by atoms with E-state index in [0.717, 1.165) is 0 Å². The normalized spacial score (nSPS) is 10.8. The number of rotatable bonds is 4. The number of carbonyl (C=O) groups excluding carboxylic acids is 2. The average Bonchev–Trinajstić information content (AvgIpc) is 2.25. The SMILES string of the molecule is Cc1ccc(OCC(=O)NC(N)=O)c(S(N)(=O)=O)c1. The summed E-state index contributed by atoms with van der Waals surface area (Å²) < 4.78 is 27.7.